The van der Waals surface area contributed by atoms with E-state index in [1.54, 1.807) is 0 Å². The zero-order chi connectivity index (χ0) is 11.5. The van der Waals surface area contributed by atoms with Crippen molar-refractivity contribution in [3.63, 3.8) is 0 Å². The molecule has 0 bridgehead atoms. The van der Waals surface area contributed by atoms with Gasteiger partial charge in [0.1, 0.15) is 0 Å². The van der Waals surface area contributed by atoms with Gasteiger partial charge in [0.2, 0.25) is 0 Å². The second kappa shape index (κ2) is 4.69. The molecule has 1 amide bonds. The van der Waals surface area contributed by atoms with E-state index in [2.05, 4.69) is 6.92 Å². The Morgan fingerprint density at radius 3 is 2.62 bits per heavy atom. The zero-order valence-electron chi connectivity index (χ0n) is 10.1. The topological polar surface area (TPSA) is 20.3 Å². The summed E-state index contributed by atoms with van der Waals surface area (Å²) in [5.74, 6) is 0.828. The molecule has 0 aromatic heterocycles. The number of carbonyl (C=O) groups is 1. The minimum atomic E-state index is 0.187. The van der Waals surface area contributed by atoms with Gasteiger partial charge in [0.15, 0.2) is 0 Å². The van der Waals surface area contributed by atoms with Crippen LogP contribution in [-0.4, -0.2) is 23.9 Å². The molecule has 1 saturated heterocycles. The quantitative estimate of drug-likeness (QED) is 0.708. The van der Waals surface area contributed by atoms with E-state index in [0.29, 0.717) is 5.92 Å². The van der Waals surface area contributed by atoms with Gasteiger partial charge in [0.05, 0.1) is 0 Å². The maximum absolute atomic E-state index is 12.2. The van der Waals surface area contributed by atoms with E-state index in [1.165, 1.54) is 12.0 Å². The first-order valence-corrected chi connectivity index (χ1v) is 6.03. The van der Waals surface area contributed by atoms with Gasteiger partial charge in [-0.15, -0.1) is 0 Å². The molecule has 86 valence electrons. The summed E-state index contributed by atoms with van der Waals surface area (Å²) in [7, 11) is 0. The number of rotatable bonds is 1. The van der Waals surface area contributed by atoms with Gasteiger partial charge in [-0.25, -0.2) is 0 Å². The lowest BCUT2D eigenvalue weighted by molar-refractivity contribution is 0.0683. The molecule has 1 atom stereocenters. The van der Waals surface area contributed by atoms with Crippen molar-refractivity contribution in [1.82, 2.24) is 4.90 Å². The molecule has 1 aliphatic rings. The second-order valence-electron chi connectivity index (χ2n) is 4.86. The Labute approximate surface area is 97.3 Å². The minimum absolute atomic E-state index is 0.187. The van der Waals surface area contributed by atoms with Crippen LogP contribution in [0.15, 0.2) is 24.3 Å². The van der Waals surface area contributed by atoms with Crippen LogP contribution in [0.25, 0.3) is 0 Å². The number of amides is 1. The normalized spacial score (nSPS) is 20.9. The fraction of sp³-hybridized carbons (Fsp3) is 0.500. The minimum Gasteiger partial charge on any atom is -0.338 e. The fourth-order valence-electron chi connectivity index (χ4n) is 2.25. The number of nitrogens with zero attached hydrogens (tertiary/aromatic N) is 1. The van der Waals surface area contributed by atoms with Crippen molar-refractivity contribution >= 4 is 5.91 Å². The summed E-state index contributed by atoms with van der Waals surface area (Å²) >= 11 is 0. The average Bonchev–Trinajstić information content (AvgIpc) is 2.29. The zero-order valence-corrected chi connectivity index (χ0v) is 10.1. The standard InChI is InChI=1S/C14H19NO/c1-11-5-7-13(8-6-11)14(16)15-9-3-4-12(2)10-15/h5-8,12H,3-4,9-10H2,1-2H3. The van der Waals surface area contributed by atoms with Crippen LogP contribution in [0.4, 0.5) is 0 Å². The summed E-state index contributed by atoms with van der Waals surface area (Å²) < 4.78 is 0. The molecule has 0 aliphatic carbocycles. The summed E-state index contributed by atoms with van der Waals surface area (Å²) in [5, 5.41) is 0. The van der Waals surface area contributed by atoms with Crippen molar-refractivity contribution < 1.29 is 4.79 Å². The number of carbonyl (C=O) groups excluding carboxylic acids is 1. The Kier molecular flexibility index (Phi) is 3.28. The number of benzene rings is 1. The molecule has 1 aromatic carbocycles. The van der Waals surface area contributed by atoms with E-state index in [-0.39, 0.29) is 5.91 Å². The maximum Gasteiger partial charge on any atom is 0.253 e. The molecule has 2 rings (SSSR count). The Bertz CT molecular complexity index is 369. The van der Waals surface area contributed by atoms with Gasteiger partial charge in [-0.3, -0.25) is 4.79 Å². The van der Waals surface area contributed by atoms with Crippen molar-refractivity contribution in [1.29, 1.82) is 0 Å². The average molecular weight is 217 g/mol. The first-order chi connectivity index (χ1) is 7.66. The molecule has 0 saturated carbocycles. The third-order valence-electron chi connectivity index (χ3n) is 3.24. The molecule has 0 N–H and O–H groups in total. The van der Waals surface area contributed by atoms with Gasteiger partial charge in [-0.1, -0.05) is 24.6 Å². The van der Waals surface area contributed by atoms with E-state index in [9.17, 15) is 4.79 Å². The molecule has 2 nitrogen and oxygen atoms in total. The van der Waals surface area contributed by atoms with Gasteiger partial charge in [0, 0.05) is 18.7 Å². The summed E-state index contributed by atoms with van der Waals surface area (Å²) in [6.07, 6.45) is 2.39. The molecule has 0 spiro atoms. The van der Waals surface area contributed by atoms with Crippen molar-refractivity contribution in [3.05, 3.63) is 35.4 Å². The predicted octanol–water partition coefficient (Wildman–Crippen LogP) is 2.87. The lowest BCUT2D eigenvalue weighted by Gasteiger charge is -2.31. The predicted molar refractivity (Wildman–Crippen MR) is 65.5 cm³/mol. The van der Waals surface area contributed by atoms with E-state index in [1.807, 2.05) is 36.1 Å². The van der Waals surface area contributed by atoms with Gasteiger partial charge >= 0.3 is 0 Å². The first kappa shape index (κ1) is 11.2. The van der Waals surface area contributed by atoms with Crippen molar-refractivity contribution in [2.75, 3.05) is 13.1 Å². The van der Waals surface area contributed by atoms with Gasteiger partial charge in [-0.05, 0) is 37.8 Å². The summed E-state index contributed by atoms with van der Waals surface area (Å²) in [4.78, 5) is 14.2. The molecule has 1 fully saturated rings. The molecule has 2 heteroatoms. The molecular formula is C14H19NO. The second-order valence-corrected chi connectivity index (χ2v) is 4.86. The highest BCUT2D eigenvalue weighted by atomic mass is 16.2. The summed E-state index contributed by atoms with van der Waals surface area (Å²) in [5.41, 5.74) is 2.02. The van der Waals surface area contributed by atoms with Crippen LogP contribution in [0.2, 0.25) is 0 Å². The van der Waals surface area contributed by atoms with Gasteiger partial charge < -0.3 is 4.90 Å². The third kappa shape index (κ3) is 2.43. The van der Waals surface area contributed by atoms with Crippen LogP contribution in [0.3, 0.4) is 0 Å². The Morgan fingerprint density at radius 2 is 2.00 bits per heavy atom. The lowest BCUT2D eigenvalue weighted by Crippen LogP contribution is -2.39. The van der Waals surface area contributed by atoms with Gasteiger partial charge in [-0.2, -0.15) is 0 Å². The molecule has 1 aliphatic heterocycles. The Hall–Kier alpha value is -1.31. The van der Waals surface area contributed by atoms with Crippen molar-refractivity contribution in [2.24, 2.45) is 5.92 Å². The third-order valence-corrected chi connectivity index (χ3v) is 3.24. The highest BCUT2D eigenvalue weighted by molar-refractivity contribution is 5.94. The smallest absolute Gasteiger partial charge is 0.253 e. The fourth-order valence-corrected chi connectivity index (χ4v) is 2.25. The van der Waals surface area contributed by atoms with Crippen LogP contribution in [0, 0.1) is 12.8 Å². The van der Waals surface area contributed by atoms with E-state index in [0.717, 1.165) is 25.1 Å². The van der Waals surface area contributed by atoms with Crippen LogP contribution in [0.5, 0.6) is 0 Å². The first-order valence-electron chi connectivity index (χ1n) is 6.03. The largest absolute Gasteiger partial charge is 0.338 e. The van der Waals surface area contributed by atoms with Crippen molar-refractivity contribution in [2.45, 2.75) is 26.7 Å². The van der Waals surface area contributed by atoms with Crippen molar-refractivity contribution in [3.8, 4) is 0 Å². The monoisotopic (exact) mass is 217 g/mol. The number of hydrogen-bond donors (Lipinski definition) is 0. The van der Waals surface area contributed by atoms with E-state index >= 15 is 0 Å². The Balaban J connectivity index is 2.09. The van der Waals surface area contributed by atoms with Crippen LogP contribution in [-0.2, 0) is 0 Å². The molecule has 1 heterocycles. The molecular weight excluding hydrogens is 198 g/mol. The molecule has 16 heavy (non-hydrogen) atoms. The summed E-state index contributed by atoms with van der Waals surface area (Å²) in [6.45, 7) is 6.08. The molecule has 1 unspecified atom stereocenters. The Morgan fingerprint density at radius 1 is 1.31 bits per heavy atom. The highest BCUT2D eigenvalue weighted by Crippen LogP contribution is 2.18. The highest BCUT2D eigenvalue weighted by Gasteiger charge is 2.21. The van der Waals surface area contributed by atoms with E-state index < -0.39 is 0 Å². The number of likely N-dealkylation sites (tertiary alicyclic amines) is 1. The maximum atomic E-state index is 12.2. The van der Waals surface area contributed by atoms with Gasteiger partial charge in [0.25, 0.3) is 5.91 Å². The SMILES string of the molecule is Cc1ccc(C(=O)N2CCCC(C)C2)cc1. The van der Waals surface area contributed by atoms with E-state index in [4.69, 9.17) is 0 Å². The number of hydrogen-bond acceptors (Lipinski definition) is 1. The molecule has 0 radical (unpaired) electrons. The van der Waals surface area contributed by atoms with Crippen LogP contribution in [0.1, 0.15) is 35.7 Å². The number of aryl methyl sites for hydroxylation is 1. The lowest BCUT2D eigenvalue weighted by atomic mass is 9.99. The van der Waals surface area contributed by atoms with Crippen LogP contribution >= 0.6 is 0 Å². The van der Waals surface area contributed by atoms with Crippen LogP contribution < -0.4 is 0 Å². The molecule has 1 aromatic rings. The summed E-state index contributed by atoms with van der Waals surface area (Å²) in [6, 6.07) is 7.86. The number of piperidine rings is 1.